The molecule has 0 spiro atoms. The Morgan fingerprint density at radius 3 is 2.70 bits per heavy atom. The fraction of sp³-hybridized carbons (Fsp3) is 0.227. The Kier molecular flexibility index (Phi) is 4.76. The summed E-state index contributed by atoms with van der Waals surface area (Å²) in [4.78, 5) is 19.9. The number of halogens is 1. The van der Waals surface area contributed by atoms with Crippen molar-refractivity contribution in [1.82, 2.24) is 25.1 Å². The Hall–Kier alpha value is -3.52. The maximum atomic E-state index is 13.2. The van der Waals surface area contributed by atoms with Gasteiger partial charge in [-0.1, -0.05) is 0 Å². The van der Waals surface area contributed by atoms with Gasteiger partial charge in [0, 0.05) is 40.8 Å². The molecule has 5 rings (SSSR count). The van der Waals surface area contributed by atoms with E-state index in [-0.39, 0.29) is 11.4 Å². The van der Waals surface area contributed by atoms with E-state index >= 15 is 0 Å². The molecule has 3 aromatic heterocycles. The molecule has 0 amide bonds. The van der Waals surface area contributed by atoms with Gasteiger partial charge in [-0.15, -0.1) is 0 Å². The van der Waals surface area contributed by atoms with E-state index in [1.54, 1.807) is 24.5 Å². The Labute approximate surface area is 172 Å². The second-order valence-electron chi connectivity index (χ2n) is 7.44. The number of pyridine rings is 2. The number of fused-ring (bicyclic) bond motifs is 1. The van der Waals surface area contributed by atoms with Crippen molar-refractivity contribution in [3.63, 3.8) is 0 Å². The predicted octanol–water partition coefficient (Wildman–Crippen LogP) is 3.59. The van der Waals surface area contributed by atoms with Crippen molar-refractivity contribution in [2.24, 2.45) is 0 Å². The number of anilines is 2. The summed E-state index contributed by atoms with van der Waals surface area (Å²) in [6, 6.07) is 8.18. The molecule has 1 saturated heterocycles. The molecule has 3 N–H and O–H groups in total. The Balaban J connectivity index is 1.56. The first-order valence-corrected chi connectivity index (χ1v) is 9.97. The average Bonchev–Trinajstić information content (AvgIpc) is 3.26. The molecule has 0 unspecified atom stereocenters. The summed E-state index contributed by atoms with van der Waals surface area (Å²) in [5.74, 6) is 0.102. The van der Waals surface area contributed by atoms with Gasteiger partial charge in [0.25, 0.3) is 5.56 Å². The number of benzene rings is 1. The van der Waals surface area contributed by atoms with Crippen molar-refractivity contribution in [3.8, 4) is 11.1 Å². The van der Waals surface area contributed by atoms with Gasteiger partial charge in [-0.05, 0) is 56.3 Å². The molecule has 0 saturated carbocycles. The SMILES string of the molecule is O=c1[nH]ccc2c(-c3cnn(C4CCNCC4)c3)cnc(Nc3ccc(F)cc3)c12. The second kappa shape index (κ2) is 7.72. The highest BCUT2D eigenvalue weighted by Crippen LogP contribution is 2.31. The number of nitrogens with zero attached hydrogens (tertiary/aromatic N) is 3. The summed E-state index contributed by atoms with van der Waals surface area (Å²) in [6.45, 7) is 1.98. The Morgan fingerprint density at radius 1 is 1.10 bits per heavy atom. The minimum absolute atomic E-state index is 0.239. The van der Waals surface area contributed by atoms with Gasteiger partial charge in [0.1, 0.15) is 11.6 Å². The van der Waals surface area contributed by atoms with Gasteiger partial charge < -0.3 is 15.6 Å². The zero-order valence-electron chi connectivity index (χ0n) is 16.2. The fourth-order valence-electron chi connectivity index (χ4n) is 3.94. The van der Waals surface area contributed by atoms with Crippen molar-refractivity contribution < 1.29 is 4.39 Å². The van der Waals surface area contributed by atoms with E-state index in [2.05, 4.69) is 25.7 Å². The molecule has 7 nitrogen and oxygen atoms in total. The first kappa shape index (κ1) is 18.5. The molecular formula is C22H21FN6O. The third-order valence-corrected chi connectivity index (χ3v) is 5.51. The highest BCUT2D eigenvalue weighted by molar-refractivity contribution is 6.01. The van der Waals surface area contributed by atoms with Crippen LogP contribution in [0.2, 0.25) is 0 Å². The largest absolute Gasteiger partial charge is 0.340 e. The van der Waals surface area contributed by atoms with Gasteiger partial charge in [0.15, 0.2) is 0 Å². The third kappa shape index (κ3) is 3.46. The minimum Gasteiger partial charge on any atom is -0.340 e. The van der Waals surface area contributed by atoms with Crippen LogP contribution in [0.25, 0.3) is 21.9 Å². The number of aromatic nitrogens is 4. The van der Waals surface area contributed by atoms with E-state index in [1.165, 1.54) is 12.1 Å². The maximum Gasteiger partial charge on any atom is 0.259 e. The smallest absolute Gasteiger partial charge is 0.259 e. The summed E-state index contributed by atoms with van der Waals surface area (Å²) < 4.78 is 15.2. The standard InChI is InChI=1S/C22H21FN6O/c23-15-1-3-16(4-2-15)28-21-20-18(7-10-25-22(20)30)19(12-26-21)14-11-27-29(13-14)17-5-8-24-9-6-17/h1-4,7,10-13,17,24H,5-6,8-9H2,(H,25,30)(H,26,28). The molecule has 0 aliphatic carbocycles. The third-order valence-electron chi connectivity index (χ3n) is 5.51. The highest BCUT2D eigenvalue weighted by Gasteiger charge is 2.18. The molecule has 30 heavy (non-hydrogen) atoms. The lowest BCUT2D eigenvalue weighted by molar-refractivity contribution is 0.343. The van der Waals surface area contributed by atoms with Crippen molar-refractivity contribution >= 4 is 22.3 Å². The van der Waals surface area contributed by atoms with Crippen LogP contribution in [-0.2, 0) is 0 Å². The average molecular weight is 404 g/mol. The van der Waals surface area contributed by atoms with Crippen LogP contribution < -0.4 is 16.2 Å². The molecule has 1 aromatic carbocycles. The van der Waals surface area contributed by atoms with Gasteiger partial charge >= 0.3 is 0 Å². The van der Waals surface area contributed by atoms with Gasteiger partial charge in [0.05, 0.1) is 17.6 Å². The van der Waals surface area contributed by atoms with Crippen LogP contribution in [0.4, 0.5) is 15.9 Å². The van der Waals surface area contributed by atoms with Crippen molar-refractivity contribution in [1.29, 1.82) is 0 Å². The van der Waals surface area contributed by atoms with Crippen LogP contribution in [0.15, 0.2) is 59.9 Å². The number of piperidine rings is 1. The van der Waals surface area contributed by atoms with E-state index in [0.29, 0.717) is 22.9 Å². The van der Waals surface area contributed by atoms with E-state index in [9.17, 15) is 9.18 Å². The van der Waals surface area contributed by atoms with Crippen LogP contribution in [0.1, 0.15) is 18.9 Å². The van der Waals surface area contributed by atoms with Gasteiger partial charge in [-0.25, -0.2) is 9.37 Å². The molecule has 0 radical (unpaired) electrons. The summed E-state index contributed by atoms with van der Waals surface area (Å²) in [5.41, 5.74) is 2.18. The zero-order chi connectivity index (χ0) is 20.5. The molecule has 4 aromatic rings. The van der Waals surface area contributed by atoms with Crippen LogP contribution in [0.5, 0.6) is 0 Å². The van der Waals surface area contributed by atoms with Crippen LogP contribution in [0.3, 0.4) is 0 Å². The number of H-pyrrole nitrogens is 1. The summed E-state index contributed by atoms with van der Waals surface area (Å²) in [7, 11) is 0. The van der Waals surface area contributed by atoms with Crippen LogP contribution >= 0.6 is 0 Å². The van der Waals surface area contributed by atoms with Crippen molar-refractivity contribution in [2.45, 2.75) is 18.9 Å². The number of rotatable bonds is 4. The Bertz CT molecular complexity index is 1240. The quantitative estimate of drug-likeness (QED) is 0.484. The number of nitrogens with one attached hydrogen (secondary N) is 3. The summed E-state index contributed by atoms with van der Waals surface area (Å²) in [5, 5.41) is 12.3. The highest BCUT2D eigenvalue weighted by atomic mass is 19.1. The molecule has 0 bridgehead atoms. The molecule has 1 aliphatic rings. The van der Waals surface area contributed by atoms with Crippen LogP contribution in [-0.4, -0.2) is 32.8 Å². The van der Waals surface area contributed by atoms with E-state index in [0.717, 1.165) is 42.4 Å². The molecule has 152 valence electrons. The van der Waals surface area contributed by atoms with E-state index in [4.69, 9.17) is 0 Å². The second-order valence-corrected chi connectivity index (χ2v) is 7.44. The monoisotopic (exact) mass is 404 g/mol. The van der Waals surface area contributed by atoms with Crippen LogP contribution in [0, 0.1) is 5.82 Å². The van der Waals surface area contributed by atoms with Gasteiger partial charge in [-0.3, -0.25) is 9.48 Å². The van der Waals surface area contributed by atoms with Gasteiger partial charge in [0.2, 0.25) is 0 Å². The van der Waals surface area contributed by atoms with E-state index in [1.807, 2.05) is 23.1 Å². The molecule has 8 heteroatoms. The molecule has 1 fully saturated rings. The normalized spacial score (nSPS) is 14.8. The van der Waals surface area contributed by atoms with Crippen molar-refractivity contribution in [2.75, 3.05) is 18.4 Å². The molecule has 4 heterocycles. The lowest BCUT2D eigenvalue weighted by atomic mass is 10.0. The molecule has 1 aliphatic heterocycles. The predicted molar refractivity (Wildman–Crippen MR) is 114 cm³/mol. The number of hydrogen-bond donors (Lipinski definition) is 3. The lowest BCUT2D eigenvalue weighted by Gasteiger charge is -2.22. The zero-order valence-corrected chi connectivity index (χ0v) is 16.2. The maximum absolute atomic E-state index is 13.2. The summed E-state index contributed by atoms with van der Waals surface area (Å²) in [6.07, 6.45) is 9.32. The number of hydrogen-bond acceptors (Lipinski definition) is 5. The number of aromatic amines is 1. The molecule has 0 atom stereocenters. The first-order valence-electron chi connectivity index (χ1n) is 9.97. The topological polar surface area (TPSA) is 87.6 Å². The lowest BCUT2D eigenvalue weighted by Crippen LogP contribution is -2.29. The van der Waals surface area contributed by atoms with E-state index < -0.39 is 0 Å². The van der Waals surface area contributed by atoms with Crippen molar-refractivity contribution in [3.05, 3.63) is 71.3 Å². The Morgan fingerprint density at radius 2 is 1.90 bits per heavy atom. The molecular weight excluding hydrogens is 383 g/mol. The summed E-state index contributed by atoms with van der Waals surface area (Å²) >= 11 is 0. The minimum atomic E-state index is -0.322. The van der Waals surface area contributed by atoms with Gasteiger partial charge in [-0.2, -0.15) is 5.10 Å². The first-order chi connectivity index (χ1) is 14.7. The fourth-order valence-corrected chi connectivity index (χ4v) is 3.94.